The van der Waals surface area contributed by atoms with E-state index in [4.69, 9.17) is 0 Å². The molecule has 112 valence electrons. The molecular weight excluding hydrogens is 248 g/mol. The highest BCUT2D eigenvalue weighted by molar-refractivity contribution is 5.06. The first-order valence-electron chi connectivity index (χ1n) is 8.13. The summed E-state index contributed by atoms with van der Waals surface area (Å²) in [5, 5.41) is 8.25. The van der Waals surface area contributed by atoms with Gasteiger partial charge in [0.2, 0.25) is 0 Å². The van der Waals surface area contributed by atoms with E-state index in [1.54, 1.807) is 0 Å². The van der Waals surface area contributed by atoms with E-state index in [0.717, 1.165) is 37.3 Å². The SMILES string of the molecule is Cc1cc(C)n(CCCNC2CC(C)N(C3CC3)C2)n1. The third kappa shape index (κ3) is 3.23. The molecule has 0 amide bonds. The molecule has 1 N–H and O–H groups in total. The third-order valence-corrected chi connectivity index (χ3v) is 4.72. The lowest BCUT2D eigenvalue weighted by atomic mass is 10.2. The summed E-state index contributed by atoms with van der Waals surface area (Å²) in [4.78, 5) is 2.71. The molecule has 0 aromatic carbocycles. The second-order valence-corrected chi connectivity index (χ2v) is 6.67. The maximum absolute atomic E-state index is 4.52. The smallest absolute Gasteiger partial charge is 0.0596 e. The Morgan fingerprint density at radius 2 is 2.15 bits per heavy atom. The molecule has 4 heteroatoms. The van der Waals surface area contributed by atoms with Gasteiger partial charge in [-0.2, -0.15) is 5.10 Å². The van der Waals surface area contributed by atoms with Crippen molar-refractivity contribution in [3.05, 3.63) is 17.5 Å². The molecule has 0 spiro atoms. The molecule has 20 heavy (non-hydrogen) atoms. The number of hydrogen-bond donors (Lipinski definition) is 1. The van der Waals surface area contributed by atoms with Gasteiger partial charge in [0, 0.05) is 36.9 Å². The Bertz CT molecular complexity index is 449. The Balaban J connectivity index is 1.37. The number of nitrogens with zero attached hydrogens (tertiary/aromatic N) is 3. The van der Waals surface area contributed by atoms with Gasteiger partial charge >= 0.3 is 0 Å². The number of aromatic nitrogens is 2. The fourth-order valence-corrected chi connectivity index (χ4v) is 3.56. The first kappa shape index (κ1) is 14.1. The summed E-state index contributed by atoms with van der Waals surface area (Å²) in [5.74, 6) is 0. The van der Waals surface area contributed by atoms with Crippen LogP contribution in [0.3, 0.4) is 0 Å². The number of hydrogen-bond acceptors (Lipinski definition) is 3. The maximum atomic E-state index is 4.52. The molecule has 1 aromatic heterocycles. The van der Waals surface area contributed by atoms with Crippen LogP contribution in [0.4, 0.5) is 0 Å². The second kappa shape index (κ2) is 5.86. The van der Waals surface area contributed by atoms with Gasteiger partial charge in [-0.05, 0) is 59.1 Å². The van der Waals surface area contributed by atoms with E-state index < -0.39 is 0 Å². The van der Waals surface area contributed by atoms with Crippen molar-refractivity contribution < 1.29 is 0 Å². The average molecular weight is 276 g/mol. The van der Waals surface area contributed by atoms with Crippen molar-refractivity contribution in [2.75, 3.05) is 13.1 Å². The van der Waals surface area contributed by atoms with Gasteiger partial charge in [-0.15, -0.1) is 0 Å². The summed E-state index contributed by atoms with van der Waals surface area (Å²) in [6.45, 7) is 9.98. The summed E-state index contributed by atoms with van der Waals surface area (Å²) in [5.41, 5.74) is 2.40. The molecule has 0 radical (unpaired) electrons. The van der Waals surface area contributed by atoms with Gasteiger partial charge < -0.3 is 5.32 Å². The topological polar surface area (TPSA) is 33.1 Å². The number of aryl methyl sites for hydroxylation is 3. The van der Waals surface area contributed by atoms with Gasteiger partial charge in [-0.25, -0.2) is 0 Å². The molecule has 1 saturated carbocycles. The Labute approximate surface area is 122 Å². The molecule has 1 saturated heterocycles. The minimum atomic E-state index is 0.700. The van der Waals surface area contributed by atoms with Crippen LogP contribution < -0.4 is 5.32 Å². The lowest BCUT2D eigenvalue weighted by Crippen LogP contribution is -2.34. The molecule has 2 fully saturated rings. The predicted molar refractivity (Wildman–Crippen MR) is 81.9 cm³/mol. The third-order valence-electron chi connectivity index (χ3n) is 4.72. The van der Waals surface area contributed by atoms with E-state index in [0.29, 0.717) is 6.04 Å². The number of rotatable bonds is 6. The monoisotopic (exact) mass is 276 g/mol. The van der Waals surface area contributed by atoms with Crippen molar-refractivity contribution in [1.82, 2.24) is 20.0 Å². The molecule has 1 aromatic rings. The number of nitrogens with one attached hydrogen (secondary N) is 1. The van der Waals surface area contributed by atoms with Crippen LogP contribution in [0, 0.1) is 13.8 Å². The summed E-state index contributed by atoms with van der Waals surface area (Å²) in [6, 6.07) is 4.54. The van der Waals surface area contributed by atoms with E-state index in [9.17, 15) is 0 Å². The van der Waals surface area contributed by atoms with Gasteiger partial charge in [0.05, 0.1) is 5.69 Å². The van der Waals surface area contributed by atoms with Crippen molar-refractivity contribution in [2.24, 2.45) is 0 Å². The summed E-state index contributed by atoms with van der Waals surface area (Å²) in [6.07, 6.45) is 5.33. The van der Waals surface area contributed by atoms with E-state index in [2.05, 4.69) is 46.8 Å². The highest BCUT2D eigenvalue weighted by Crippen LogP contribution is 2.33. The zero-order valence-corrected chi connectivity index (χ0v) is 13.1. The van der Waals surface area contributed by atoms with Crippen molar-refractivity contribution in [1.29, 1.82) is 0 Å². The summed E-state index contributed by atoms with van der Waals surface area (Å²) in [7, 11) is 0. The van der Waals surface area contributed by atoms with Gasteiger partial charge in [-0.3, -0.25) is 9.58 Å². The van der Waals surface area contributed by atoms with Crippen molar-refractivity contribution in [3.63, 3.8) is 0 Å². The van der Waals surface area contributed by atoms with Crippen LogP contribution in [-0.4, -0.2) is 45.9 Å². The Kier molecular flexibility index (Phi) is 4.13. The molecule has 2 unspecified atom stereocenters. The van der Waals surface area contributed by atoms with Crippen molar-refractivity contribution >= 4 is 0 Å². The van der Waals surface area contributed by atoms with Crippen LogP contribution in [0.1, 0.15) is 44.0 Å². The van der Waals surface area contributed by atoms with E-state index in [-0.39, 0.29) is 0 Å². The van der Waals surface area contributed by atoms with Crippen LogP contribution >= 0.6 is 0 Å². The Hall–Kier alpha value is -0.870. The zero-order valence-electron chi connectivity index (χ0n) is 13.1. The Morgan fingerprint density at radius 3 is 2.80 bits per heavy atom. The van der Waals surface area contributed by atoms with E-state index in [1.807, 2.05) is 0 Å². The molecule has 1 aliphatic heterocycles. The van der Waals surface area contributed by atoms with Crippen LogP contribution in [0.2, 0.25) is 0 Å². The van der Waals surface area contributed by atoms with Gasteiger partial charge in [0.25, 0.3) is 0 Å². The fraction of sp³-hybridized carbons (Fsp3) is 0.812. The molecule has 0 bridgehead atoms. The molecule has 1 aliphatic carbocycles. The van der Waals surface area contributed by atoms with Gasteiger partial charge in [0.15, 0.2) is 0 Å². The largest absolute Gasteiger partial charge is 0.313 e. The molecule has 2 atom stereocenters. The standard InChI is InChI=1S/C16H28N4/c1-12-9-14(3)20(18-12)8-4-7-17-15-10-13(2)19(11-15)16-5-6-16/h9,13,15-17H,4-8,10-11H2,1-3H3. The van der Waals surface area contributed by atoms with E-state index >= 15 is 0 Å². The molecular formula is C16H28N4. The molecule has 2 aliphatic rings. The van der Waals surface area contributed by atoms with Crippen molar-refractivity contribution in [2.45, 2.75) is 71.1 Å². The van der Waals surface area contributed by atoms with Gasteiger partial charge in [0.1, 0.15) is 0 Å². The highest BCUT2D eigenvalue weighted by atomic mass is 15.3. The minimum Gasteiger partial charge on any atom is -0.313 e. The first-order valence-corrected chi connectivity index (χ1v) is 8.13. The fourth-order valence-electron chi connectivity index (χ4n) is 3.56. The number of likely N-dealkylation sites (tertiary alicyclic amines) is 1. The quantitative estimate of drug-likeness (QED) is 0.808. The van der Waals surface area contributed by atoms with Crippen LogP contribution in [0.5, 0.6) is 0 Å². The zero-order chi connectivity index (χ0) is 14.1. The lowest BCUT2D eigenvalue weighted by molar-refractivity contribution is 0.255. The first-order chi connectivity index (χ1) is 9.63. The van der Waals surface area contributed by atoms with Crippen LogP contribution in [-0.2, 0) is 6.54 Å². The highest BCUT2D eigenvalue weighted by Gasteiger charge is 2.38. The normalized spacial score (nSPS) is 27.4. The second-order valence-electron chi connectivity index (χ2n) is 6.67. The maximum Gasteiger partial charge on any atom is 0.0596 e. The minimum absolute atomic E-state index is 0.700. The molecule has 4 nitrogen and oxygen atoms in total. The molecule has 2 heterocycles. The van der Waals surface area contributed by atoms with Crippen LogP contribution in [0.25, 0.3) is 0 Å². The van der Waals surface area contributed by atoms with Crippen molar-refractivity contribution in [3.8, 4) is 0 Å². The Morgan fingerprint density at radius 1 is 1.35 bits per heavy atom. The van der Waals surface area contributed by atoms with E-state index in [1.165, 1.54) is 31.5 Å². The molecule has 3 rings (SSSR count). The predicted octanol–water partition coefficient (Wildman–Crippen LogP) is 2.10. The average Bonchev–Trinajstić information content (AvgIpc) is 3.10. The summed E-state index contributed by atoms with van der Waals surface area (Å²) >= 11 is 0. The van der Waals surface area contributed by atoms with Gasteiger partial charge in [-0.1, -0.05) is 0 Å². The lowest BCUT2D eigenvalue weighted by Gasteiger charge is -2.19. The summed E-state index contributed by atoms with van der Waals surface area (Å²) < 4.78 is 2.13. The van der Waals surface area contributed by atoms with Crippen LogP contribution in [0.15, 0.2) is 6.07 Å².